The summed E-state index contributed by atoms with van der Waals surface area (Å²) in [5.41, 5.74) is 1.03. The molecular weight excluding hydrogens is 307 g/mol. The van der Waals surface area contributed by atoms with Gasteiger partial charge in [0.05, 0.1) is 12.1 Å². The van der Waals surface area contributed by atoms with Crippen molar-refractivity contribution in [3.63, 3.8) is 0 Å². The molecule has 0 aliphatic carbocycles. The zero-order chi connectivity index (χ0) is 9.14. The molecule has 1 rings (SSSR count). The molecule has 66 valence electrons. The monoisotopic (exact) mass is 312 g/mol. The first kappa shape index (κ1) is 10.4. The fraction of sp³-hybridized carbons (Fsp3) is 0.250. The first-order valence-electron chi connectivity index (χ1n) is 3.27. The quantitative estimate of drug-likeness (QED) is 0.750. The van der Waals surface area contributed by atoms with Crippen molar-refractivity contribution in [3.8, 4) is 5.75 Å². The molecule has 0 saturated heterocycles. The van der Waals surface area contributed by atoms with Crippen molar-refractivity contribution < 1.29 is 4.74 Å². The summed E-state index contributed by atoms with van der Waals surface area (Å²) < 4.78 is 6.16. The molecule has 4 heteroatoms. The molecule has 1 nitrogen and oxygen atoms in total. The number of ether oxygens (including phenoxy) is 1. The van der Waals surface area contributed by atoms with Gasteiger partial charge in [0.15, 0.2) is 0 Å². The van der Waals surface area contributed by atoms with Crippen LogP contribution >= 0.6 is 43.5 Å². The predicted octanol–water partition coefficient (Wildman–Crippen LogP) is 4.01. The summed E-state index contributed by atoms with van der Waals surface area (Å²) in [6, 6.07) is 3.71. The summed E-state index contributed by atoms with van der Waals surface area (Å²) in [6.45, 7) is 0. The molecule has 0 atom stereocenters. The summed E-state index contributed by atoms with van der Waals surface area (Å²) in [5, 5.41) is 1.35. The van der Waals surface area contributed by atoms with Crippen LogP contribution in [0.15, 0.2) is 16.6 Å². The first-order valence-corrected chi connectivity index (χ1v) is 5.56. The molecule has 12 heavy (non-hydrogen) atoms. The predicted molar refractivity (Wildman–Crippen MR) is 58.3 cm³/mol. The molecule has 0 saturated carbocycles. The summed E-state index contributed by atoms with van der Waals surface area (Å²) in [6.07, 6.45) is 0. The number of halogens is 3. The van der Waals surface area contributed by atoms with Crippen molar-refractivity contribution in [1.82, 2.24) is 0 Å². The van der Waals surface area contributed by atoms with Gasteiger partial charge in [-0.1, -0.05) is 43.5 Å². The van der Waals surface area contributed by atoms with Crippen molar-refractivity contribution in [2.24, 2.45) is 0 Å². The lowest BCUT2D eigenvalue weighted by Gasteiger charge is -2.09. The van der Waals surface area contributed by atoms with Crippen molar-refractivity contribution in [2.75, 3.05) is 7.11 Å². The Kier molecular flexibility index (Phi) is 3.87. The second-order valence-electron chi connectivity index (χ2n) is 2.17. The molecule has 0 bridgehead atoms. The zero-order valence-corrected chi connectivity index (χ0v) is 10.3. The van der Waals surface area contributed by atoms with Crippen LogP contribution in [0.4, 0.5) is 0 Å². The Morgan fingerprint density at radius 3 is 2.58 bits per heavy atom. The fourth-order valence-electron chi connectivity index (χ4n) is 0.920. The van der Waals surface area contributed by atoms with E-state index in [2.05, 4.69) is 31.9 Å². The molecule has 0 aromatic heterocycles. The maximum atomic E-state index is 5.91. The molecule has 0 aliphatic rings. The highest BCUT2D eigenvalue weighted by atomic mass is 79.9. The molecule has 1 aromatic carbocycles. The molecular formula is C8H7Br2ClO. The Balaban J connectivity index is 3.28. The van der Waals surface area contributed by atoms with Gasteiger partial charge in [0.25, 0.3) is 0 Å². The Bertz CT molecular complexity index is 260. The Morgan fingerprint density at radius 1 is 1.50 bits per heavy atom. The van der Waals surface area contributed by atoms with E-state index < -0.39 is 0 Å². The lowest BCUT2D eigenvalue weighted by atomic mass is 10.2. The van der Waals surface area contributed by atoms with Gasteiger partial charge in [-0.3, -0.25) is 0 Å². The highest BCUT2D eigenvalue weighted by molar-refractivity contribution is 9.10. The number of methoxy groups -OCH3 is 1. The highest BCUT2D eigenvalue weighted by Gasteiger charge is 2.09. The van der Waals surface area contributed by atoms with Crippen molar-refractivity contribution in [3.05, 3.63) is 27.2 Å². The van der Waals surface area contributed by atoms with Crippen LogP contribution in [-0.4, -0.2) is 7.11 Å². The molecule has 0 heterocycles. The van der Waals surface area contributed by atoms with Gasteiger partial charge in [0, 0.05) is 15.4 Å². The van der Waals surface area contributed by atoms with Crippen LogP contribution < -0.4 is 4.74 Å². The third-order valence-electron chi connectivity index (χ3n) is 1.49. The van der Waals surface area contributed by atoms with Crippen LogP contribution in [0, 0.1) is 0 Å². The number of hydrogen-bond acceptors (Lipinski definition) is 1. The third-order valence-corrected chi connectivity index (χ3v) is 3.09. The van der Waals surface area contributed by atoms with E-state index in [1.54, 1.807) is 13.2 Å². The van der Waals surface area contributed by atoms with E-state index in [1.807, 2.05) is 6.07 Å². The van der Waals surface area contributed by atoms with Gasteiger partial charge in [-0.25, -0.2) is 0 Å². The van der Waals surface area contributed by atoms with Crippen molar-refractivity contribution in [1.29, 1.82) is 0 Å². The minimum absolute atomic E-state index is 0.634. The van der Waals surface area contributed by atoms with Gasteiger partial charge in [-0.15, -0.1) is 0 Å². The van der Waals surface area contributed by atoms with E-state index in [0.717, 1.165) is 21.1 Å². The summed E-state index contributed by atoms with van der Waals surface area (Å²) in [4.78, 5) is 0. The highest BCUT2D eigenvalue weighted by Crippen LogP contribution is 2.35. The average Bonchev–Trinajstić information content (AvgIpc) is 2.08. The van der Waals surface area contributed by atoms with Crippen LogP contribution in [0.3, 0.4) is 0 Å². The van der Waals surface area contributed by atoms with Gasteiger partial charge < -0.3 is 4.74 Å². The van der Waals surface area contributed by atoms with Crippen LogP contribution in [-0.2, 0) is 5.33 Å². The van der Waals surface area contributed by atoms with Gasteiger partial charge in [-0.2, -0.15) is 0 Å². The van der Waals surface area contributed by atoms with E-state index in [1.165, 1.54) is 0 Å². The smallest absolute Gasteiger partial charge is 0.142 e. The molecule has 0 fully saturated rings. The largest absolute Gasteiger partial charge is 0.495 e. The first-order chi connectivity index (χ1) is 5.70. The van der Waals surface area contributed by atoms with E-state index >= 15 is 0 Å². The Labute approximate surface area is 93.3 Å². The summed E-state index contributed by atoms with van der Waals surface area (Å²) in [7, 11) is 1.61. The maximum Gasteiger partial charge on any atom is 0.142 e. The summed E-state index contributed by atoms with van der Waals surface area (Å²) >= 11 is 12.7. The van der Waals surface area contributed by atoms with Crippen LogP contribution in [0.1, 0.15) is 5.56 Å². The van der Waals surface area contributed by atoms with Crippen molar-refractivity contribution >= 4 is 43.5 Å². The average molecular weight is 314 g/mol. The van der Waals surface area contributed by atoms with E-state index in [-0.39, 0.29) is 0 Å². The molecule has 0 spiro atoms. The fourth-order valence-corrected chi connectivity index (χ4v) is 2.56. The maximum absolute atomic E-state index is 5.91. The molecule has 0 N–H and O–H groups in total. The second-order valence-corrected chi connectivity index (χ2v) is 4.00. The van der Waals surface area contributed by atoms with Crippen LogP contribution in [0.25, 0.3) is 0 Å². The molecule has 1 aromatic rings. The Hall–Kier alpha value is 0.270. The van der Waals surface area contributed by atoms with Gasteiger partial charge in [0.1, 0.15) is 5.75 Å². The second kappa shape index (κ2) is 4.49. The third kappa shape index (κ3) is 1.95. The van der Waals surface area contributed by atoms with Crippen molar-refractivity contribution in [2.45, 2.75) is 5.33 Å². The number of benzene rings is 1. The van der Waals surface area contributed by atoms with Gasteiger partial charge in [0.2, 0.25) is 0 Å². The van der Waals surface area contributed by atoms with E-state index in [4.69, 9.17) is 16.3 Å². The van der Waals surface area contributed by atoms with E-state index in [9.17, 15) is 0 Å². The number of hydrogen-bond donors (Lipinski definition) is 0. The lowest BCUT2D eigenvalue weighted by Crippen LogP contribution is -1.91. The molecule has 0 aliphatic heterocycles. The number of rotatable bonds is 2. The zero-order valence-electron chi connectivity index (χ0n) is 6.40. The molecule has 0 amide bonds. The minimum Gasteiger partial charge on any atom is -0.495 e. The minimum atomic E-state index is 0.634. The van der Waals surface area contributed by atoms with Crippen LogP contribution in [0.2, 0.25) is 5.02 Å². The summed E-state index contributed by atoms with van der Waals surface area (Å²) in [5.74, 6) is 0.725. The van der Waals surface area contributed by atoms with Gasteiger partial charge in [-0.05, 0) is 12.1 Å². The van der Waals surface area contributed by atoms with E-state index in [0.29, 0.717) is 5.02 Å². The molecule has 0 unspecified atom stereocenters. The normalized spacial score (nSPS) is 10.0. The SMILES string of the molecule is COc1c(Cl)ccc(Br)c1CBr. The lowest BCUT2D eigenvalue weighted by molar-refractivity contribution is 0.411. The van der Waals surface area contributed by atoms with Crippen LogP contribution in [0.5, 0.6) is 5.75 Å². The number of alkyl halides is 1. The topological polar surface area (TPSA) is 9.23 Å². The molecule has 0 radical (unpaired) electrons. The van der Waals surface area contributed by atoms with Gasteiger partial charge >= 0.3 is 0 Å². The Morgan fingerprint density at radius 2 is 2.17 bits per heavy atom. The standard InChI is InChI=1S/C8H7Br2ClO/c1-12-8-5(4-9)6(10)2-3-7(8)11/h2-3H,4H2,1H3.